The lowest BCUT2D eigenvalue weighted by Crippen LogP contribution is -2.46. The number of halogens is 3. The van der Waals surface area contributed by atoms with E-state index in [2.05, 4.69) is 54.4 Å². The summed E-state index contributed by atoms with van der Waals surface area (Å²) in [6, 6.07) is 2.09. The van der Waals surface area contributed by atoms with Crippen molar-refractivity contribution in [3.05, 3.63) is 31.3 Å². The van der Waals surface area contributed by atoms with Crippen molar-refractivity contribution in [1.29, 1.82) is 0 Å². The van der Waals surface area contributed by atoms with Crippen molar-refractivity contribution in [2.45, 2.75) is 19.8 Å². The number of rotatable bonds is 10. The van der Waals surface area contributed by atoms with E-state index < -0.39 is 0 Å². The van der Waals surface area contributed by atoms with Gasteiger partial charge in [-0.3, -0.25) is 0 Å². The Morgan fingerprint density at radius 1 is 1.03 bits per heavy atom. The Labute approximate surface area is 207 Å². The number of nitrogens with zero attached hydrogens (tertiary/aromatic N) is 3. The molecular formula is C22H30BrCl2N3O2S. The van der Waals surface area contributed by atoms with E-state index in [4.69, 9.17) is 32.7 Å². The Morgan fingerprint density at radius 3 is 2.16 bits per heavy atom. The largest absolute Gasteiger partial charge is 0.494 e. The number of likely N-dealkylation sites (N-methyl/N-ethyl adjacent to an activating group) is 1. The maximum absolute atomic E-state index is 6.78. The first-order valence-electron chi connectivity index (χ1n) is 10.5. The van der Waals surface area contributed by atoms with Gasteiger partial charge in [0.05, 0.1) is 25.6 Å². The standard InChI is InChI=1S/C22H30BrCl2N3O2S/c1-4-26-10-12-27(13-11-26)8-5-6-9-28(16-7-14-31-15-16)20-18(24)21(29-2)17(23)22(30-3)19(20)25/h7,14-15H,4-6,8-13H2,1-3H3. The Balaban J connectivity index is 1.76. The Bertz CT molecular complexity index is 815. The molecule has 0 spiro atoms. The molecule has 0 aliphatic carbocycles. The van der Waals surface area contributed by atoms with E-state index in [0.717, 1.165) is 56.9 Å². The summed E-state index contributed by atoms with van der Waals surface area (Å²) in [7, 11) is 3.19. The quantitative estimate of drug-likeness (QED) is 0.319. The molecule has 1 aromatic heterocycles. The van der Waals surface area contributed by atoms with E-state index in [-0.39, 0.29) is 0 Å². The number of hydrogen-bond donors (Lipinski definition) is 0. The van der Waals surface area contributed by atoms with Gasteiger partial charge in [0.25, 0.3) is 0 Å². The van der Waals surface area contributed by atoms with Gasteiger partial charge < -0.3 is 24.2 Å². The van der Waals surface area contributed by atoms with Crippen molar-refractivity contribution in [1.82, 2.24) is 9.80 Å². The van der Waals surface area contributed by atoms with Crippen molar-refractivity contribution in [2.24, 2.45) is 0 Å². The number of hydrogen-bond acceptors (Lipinski definition) is 6. The van der Waals surface area contributed by atoms with Crippen molar-refractivity contribution in [3.8, 4) is 11.5 Å². The lowest BCUT2D eigenvalue weighted by atomic mass is 10.2. The molecule has 2 heterocycles. The fraction of sp³-hybridized carbons (Fsp3) is 0.545. The second kappa shape index (κ2) is 12.0. The molecule has 5 nitrogen and oxygen atoms in total. The molecule has 1 aromatic carbocycles. The molecule has 1 fully saturated rings. The van der Waals surface area contributed by atoms with E-state index >= 15 is 0 Å². The maximum atomic E-state index is 6.78. The molecule has 0 radical (unpaired) electrons. The van der Waals surface area contributed by atoms with Crippen molar-refractivity contribution in [3.63, 3.8) is 0 Å². The summed E-state index contributed by atoms with van der Waals surface area (Å²) >= 11 is 18.7. The first-order valence-corrected chi connectivity index (χ1v) is 13.0. The number of piperazine rings is 1. The molecule has 0 N–H and O–H groups in total. The van der Waals surface area contributed by atoms with Gasteiger partial charge in [0.15, 0.2) is 11.5 Å². The molecule has 1 saturated heterocycles. The average molecular weight is 551 g/mol. The lowest BCUT2D eigenvalue weighted by molar-refractivity contribution is 0.136. The number of methoxy groups -OCH3 is 2. The highest BCUT2D eigenvalue weighted by atomic mass is 79.9. The summed E-state index contributed by atoms with van der Waals surface area (Å²) < 4.78 is 11.7. The predicted octanol–water partition coefficient (Wildman–Crippen LogP) is 6.39. The van der Waals surface area contributed by atoms with Crippen LogP contribution in [0.3, 0.4) is 0 Å². The molecule has 0 saturated carbocycles. The van der Waals surface area contributed by atoms with Crippen LogP contribution in [0.5, 0.6) is 11.5 Å². The number of unbranched alkanes of at least 4 members (excludes halogenated alkanes) is 1. The molecule has 0 amide bonds. The third kappa shape index (κ3) is 5.81. The Kier molecular flexibility index (Phi) is 9.62. The molecular weight excluding hydrogens is 521 g/mol. The molecule has 3 rings (SSSR count). The first kappa shape index (κ1) is 24.9. The highest BCUT2D eigenvalue weighted by Gasteiger charge is 2.27. The summed E-state index contributed by atoms with van der Waals surface area (Å²) in [4.78, 5) is 7.24. The van der Waals surface area contributed by atoms with Crippen LogP contribution >= 0.6 is 50.5 Å². The average Bonchev–Trinajstić information content (AvgIpc) is 3.31. The zero-order valence-corrected chi connectivity index (χ0v) is 22.2. The molecule has 0 atom stereocenters. The van der Waals surface area contributed by atoms with Gasteiger partial charge in [-0.25, -0.2) is 0 Å². The summed E-state index contributed by atoms with van der Waals surface area (Å²) in [5.74, 6) is 1.04. The van der Waals surface area contributed by atoms with Gasteiger partial charge in [0, 0.05) is 38.1 Å². The monoisotopic (exact) mass is 549 g/mol. The zero-order chi connectivity index (χ0) is 22.4. The van der Waals surface area contributed by atoms with Crippen molar-refractivity contribution in [2.75, 3.05) is 64.9 Å². The van der Waals surface area contributed by atoms with Crippen LogP contribution in [0, 0.1) is 0 Å². The highest BCUT2D eigenvalue weighted by molar-refractivity contribution is 9.10. The SMILES string of the molecule is CCN1CCN(CCCCN(c2ccsc2)c2c(Cl)c(OC)c(Br)c(OC)c2Cl)CC1. The topological polar surface area (TPSA) is 28.2 Å². The van der Waals surface area contributed by atoms with Crippen molar-refractivity contribution >= 4 is 61.8 Å². The maximum Gasteiger partial charge on any atom is 0.157 e. The van der Waals surface area contributed by atoms with Gasteiger partial charge in [-0.1, -0.05) is 30.1 Å². The van der Waals surface area contributed by atoms with Crippen LogP contribution in [-0.4, -0.2) is 69.8 Å². The van der Waals surface area contributed by atoms with Gasteiger partial charge in [-0.2, -0.15) is 11.3 Å². The minimum Gasteiger partial charge on any atom is -0.494 e. The molecule has 0 bridgehead atoms. The minimum atomic E-state index is 0.474. The molecule has 2 aromatic rings. The minimum absolute atomic E-state index is 0.474. The smallest absolute Gasteiger partial charge is 0.157 e. The van der Waals surface area contributed by atoms with Gasteiger partial charge in [-0.15, -0.1) is 0 Å². The fourth-order valence-electron chi connectivity index (χ4n) is 3.92. The summed E-state index contributed by atoms with van der Waals surface area (Å²) in [5, 5.41) is 5.12. The predicted molar refractivity (Wildman–Crippen MR) is 136 cm³/mol. The third-order valence-corrected chi connectivity index (χ3v) is 7.82. The second-order valence-corrected chi connectivity index (χ2v) is 9.80. The highest BCUT2D eigenvalue weighted by Crippen LogP contribution is 2.53. The number of thiophene rings is 1. The van der Waals surface area contributed by atoms with Crippen molar-refractivity contribution < 1.29 is 9.47 Å². The molecule has 0 unspecified atom stereocenters. The van der Waals surface area contributed by atoms with E-state index in [1.54, 1.807) is 25.6 Å². The molecule has 1 aliphatic heterocycles. The molecule has 31 heavy (non-hydrogen) atoms. The van der Waals surface area contributed by atoms with Gasteiger partial charge in [0.2, 0.25) is 0 Å². The Morgan fingerprint density at radius 2 is 1.65 bits per heavy atom. The fourth-order valence-corrected chi connectivity index (χ4v) is 6.29. The van der Waals surface area contributed by atoms with Crippen LogP contribution in [0.1, 0.15) is 19.8 Å². The third-order valence-electron chi connectivity index (χ3n) is 5.73. The number of benzene rings is 1. The Hall–Kier alpha value is -0.700. The van der Waals surface area contributed by atoms with E-state index in [1.807, 2.05) is 0 Å². The summed E-state index contributed by atoms with van der Waals surface area (Å²) in [5.41, 5.74) is 1.78. The molecule has 172 valence electrons. The van der Waals surface area contributed by atoms with Gasteiger partial charge in [0.1, 0.15) is 14.5 Å². The van der Waals surface area contributed by atoms with E-state index in [9.17, 15) is 0 Å². The van der Waals surface area contributed by atoms with Crippen LogP contribution in [0.25, 0.3) is 0 Å². The summed E-state index contributed by atoms with van der Waals surface area (Å²) in [6.07, 6.45) is 2.14. The van der Waals surface area contributed by atoms with E-state index in [1.165, 1.54) is 13.1 Å². The van der Waals surface area contributed by atoms with Crippen LogP contribution in [0.4, 0.5) is 11.4 Å². The number of anilines is 2. The normalized spacial score (nSPS) is 15.3. The van der Waals surface area contributed by atoms with Gasteiger partial charge >= 0.3 is 0 Å². The number of ether oxygens (including phenoxy) is 2. The summed E-state index contributed by atoms with van der Waals surface area (Å²) in [6.45, 7) is 9.94. The van der Waals surface area contributed by atoms with Crippen LogP contribution in [0.15, 0.2) is 21.3 Å². The van der Waals surface area contributed by atoms with E-state index in [0.29, 0.717) is 26.0 Å². The molecule has 1 aliphatic rings. The van der Waals surface area contributed by atoms with Gasteiger partial charge in [-0.05, 0) is 53.3 Å². The van der Waals surface area contributed by atoms with Crippen LogP contribution in [-0.2, 0) is 0 Å². The molecule has 9 heteroatoms. The zero-order valence-electron chi connectivity index (χ0n) is 18.3. The van der Waals surface area contributed by atoms with Crippen LogP contribution < -0.4 is 14.4 Å². The second-order valence-electron chi connectivity index (χ2n) is 7.47. The lowest BCUT2D eigenvalue weighted by Gasteiger charge is -2.34. The first-order chi connectivity index (χ1) is 15.0. The van der Waals surface area contributed by atoms with Crippen LogP contribution in [0.2, 0.25) is 10.0 Å².